The molecule has 0 radical (unpaired) electrons. The van der Waals surface area contributed by atoms with Crippen molar-refractivity contribution in [2.24, 2.45) is 0 Å². The zero-order chi connectivity index (χ0) is 15.2. The third-order valence-electron chi connectivity index (χ3n) is 3.28. The smallest absolute Gasteiger partial charge is 0.377 e. The van der Waals surface area contributed by atoms with Gasteiger partial charge in [-0.25, -0.2) is 14.5 Å². The molecule has 2 aromatic rings. The van der Waals surface area contributed by atoms with Gasteiger partial charge in [0.1, 0.15) is 6.33 Å². The van der Waals surface area contributed by atoms with Gasteiger partial charge in [-0.2, -0.15) is 0 Å². The number of hydrogen-bond donors (Lipinski definition) is 1. The van der Waals surface area contributed by atoms with Gasteiger partial charge in [-0.15, -0.1) is 5.10 Å². The fourth-order valence-electron chi connectivity index (χ4n) is 2.28. The average Bonchev–Trinajstić information content (AvgIpc) is 3.01. The molecule has 6 nitrogen and oxygen atoms in total. The summed E-state index contributed by atoms with van der Waals surface area (Å²) in [6, 6.07) is 8.20. The highest BCUT2D eigenvalue weighted by Crippen LogP contribution is 2.23. The van der Waals surface area contributed by atoms with E-state index in [1.807, 2.05) is 18.2 Å². The molecule has 0 aliphatic heterocycles. The number of benzene rings is 1. The maximum atomic E-state index is 11.5. The Kier molecular flexibility index (Phi) is 5.05. The molecule has 1 N–H and O–H groups in total. The highest BCUT2D eigenvalue weighted by Gasteiger charge is 2.16. The molecule has 0 fully saturated rings. The van der Waals surface area contributed by atoms with Crippen LogP contribution in [0.4, 0.5) is 0 Å². The summed E-state index contributed by atoms with van der Waals surface area (Å²) in [5, 5.41) is 7.64. The Morgan fingerprint density at radius 2 is 2.14 bits per heavy atom. The normalized spacial score (nSPS) is 12.1. The lowest BCUT2D eigenvalue weighted by Crippen LogP contribution is -2.21. The molecule has 0 amide bonds. The summed E-state index contributed by atoms with van der Waals surface area (Å²) < 4.78 is 6.25. The van der Waals surface area contributed by atoms with E-state index < -0.39 is 5.97 Å². The third kappa shape index (κ3) is 3.28. The minimum atomic E-state index is -0.537. The largest absolute Gasteiger partial charge is 0.463 e. The Morgan fingerprint density at radius 3 is 2.81 bits per heavy atom. The van der Waals surface area contributed by atoms with Crippen molar-refractivity contribution in [1.29, 1.82) is 0 Å². The number of carbonyl (C=O) groups excluding carboxylic acids is 1. The Balaban J connectivity index is 2.39. The van der Waals surface area contributed by atoms with Gasteiger partial charge >= 0.3 is 5.97 Å². The van der Waals surface area contributed by atoms with Gasteiger partial charge in [0.05, 0.1) is 12.8 Å². The molecule has 0 spiro atoms. The van der Waals surface area contributed by atoms with E-state index in [1.165, 1.54) is 13.4 Å². The third-order valence-corrected chi connectivity index (χ3v) is 3.28. The number of rotatable bonds is 6. The lowest BCUT2D eigenvalue weighted by atomic mass is 10.0. The molecular weight excluding hydrogens is 268 g/mol. The van der Waals surface area contributed by atoms with Crippen molar-refractivity contribution < 1.29 is 9.53 Å². The molecule has 1 aromatic carbocycles. The minimum Gasteiger partial charge on any atom is -0.463 e. The number of nitrogens with zero attached hydrogens (tertiary/aromatic N) is 3. The maximum Gasteiger partial charge on any atom is 0.377 e. The van der Waals surface area contributed by atoms with Crippen LogP contribution in [0.3, 0.4) is 0 Å². The summed E-state index contributed by atoms with van der Waals surface area (Å²) in [4.78, 5) is 15.5. The molecule has 1 heterocycles. The van der Waals surface area contributed by atoms with Crippen LogP contribution in [0.5, 0.6) is 0 Å². The van der Waals surface area contributed by atoms with Gasteiger partial charge in [-0.05, 0) is 24.6 Å². The van der Waals surface area contributed by atoms with E-state index in [4.69, 9.17) is 0 Å². The summed E-state index contributed by atoms with van der Waals surface area (Å²) >= 11 is 0. The molecule has 0 aliphatic rings. The van der Waals surface area contributed by atoms with Crippen LogP contribution < -0.4 is 5.32 Å². The van der Waals surface area contributed by atoms with Gasteiger partial charge in [-0.3, -0.25) is 0 Å². The predicted molar refractivity (Wildman–Crippen MR) is 79.4 cm³/mol. The summed E-state index contributed by atoms with van der Waals surface area (Å²) in [5.74, 6) is -0.478. The molecule has 0 aliphatic carbocycles. The fraction of sp³-hybridized carbons (Fsp3) is 0.400. The molecule has 0 bridgehead atoms. The van der Waals surface area contributed by atoms with Crippen LogP contribution in [0, 0.1) is 0 Å². The van der Waals surface area contributed by atoms with Crippen molar-refractivity contribution in [2.75, 3.05) is 13.7 Å². The van der Waals surface area contributed by atoms with Crippen LogP contribution in [0.25, 0.3) is 5.69 Å². The zero-order valence-electron chi connectivity index (χ0n) is 12.5. The molecule has 112 valence electrons. The first-order valence-corrected chi connectivity index (χ1v) is 7.03. The van der Waals surface area contributed by atoms with E-state index in [2.05, 4.69) is 40.1 Å². The highest BCUT2D eigenvalue weighted by molar-refractivity contribution is 5.84. The van der Waals surface area contributed by atoms with Crippen LogP contribution >= 0.6 is 0 Å². The first kappa shape index (κ1) is 15.2. The molecule has 0 saturated heterocycles. The highest BCUT2D eigenvalue weighted by atomic mass is 16.5. The second kappa shape index (κ2) is 6.99. The van der Waals surface area contributed by atoms with Crippen molar-refractivity contribution in [2.45, 2.75) is 26.3 Å². The van der Waals surface area contributed by atoms with Crippen molar-refractivity contribution in [3.05, 3.63) is 42.0 Å². The van der Waals surface area contributed by atoms with Crippen molar-refractivity contribution in [1.82, 2.24) is 20.1 Å². The van der Waals surface area contributed by atoms with Crippen molar-refractivity contribution >= 4 is 5.97 Å². The van der Waals surface area contributed by atoms with E-state index in [1.54, 1.807) is 4.68 Å². The minimum absolute atomic E-state index is 0.0591. The number of aromatic nitrogens is 3. The van der Waals surface area contributed by atoms with Gasteiger partial charge in [0.15, 0.2) is 0 Å². The van der Waals surface area contributed by atoms with Crippen LogP contribution in [0.2, 0.25) is 0 Å². The van der Waals surface area contributed by atoms with Crippen LogP contribution in [0.15, 0.2) is 30.6 Å². The van der Waals surface area contributed by atoms with Gasteiger partial charge in [0.25, 0.3) is 5.82 Å². The number of carbonyl (C=O) groups is 1. The summed E-state index contributed by atoms with van der Waals surface area (Å²) in [5.41, 5.74) is 2.04. The first-order valence-electron chi connectivity index (χ1n) is 7.03. The number of para-hydroxylation sites is 1. The Morgan fingerprint density at radius 1 is 1.38 bits per heavy atom. The first-order chi connectivity index (χ1) is 10.2. The second-order valence-electron chi connectivity index (χ2n) is 4.58. The zero-order valence-corrected chi connectivity index (χ0v) is 12.5. The monoisotopic (exact) mass is 288 g/mol. The molecule has 1 atom stereocenters. The van der Waals surface area contributed by atoms with Crippen LogP contribution in [-0.4, -0.2) is 34.4 Å². The van der Waals surface area contributed by atoms with Gasteiger partial charge in [0.2, 0.25) is 0 Å². The van der Waals surface area contributed by atoms with Gasteiger partial charge in [-0.1, -0.05) is 32.0 Å². The van der Waals surface area contributed by atoms with E-state index >= 15 is 0 Å². The standard InChI is InChI=1S/C15H20N4O2/c1-4-12(16-5-2)11-8-6-7-9-13(11)19-10-17-14(18-19)15(20)21-3/h6-10,12,16H,4-5H2,1-3H3. The molecular formula is C15H20N4O2. The summed E-state index contributed by atoms with van der Waals surface area (Å²) in [7, 11) is 1.31. The van der Waals surface area contributed by atoms with Crippen LogP contribution in [-0.2, 0) is 4.74 Å². The van der Waals surface area contributed by atoms with E-state index in [0.717, 1.165) is 24.2 Å². The lowest BCUT2D eigenvalue weighted by molar-refractivity contribution is 0.0587. The number of nitrogens with one attached hydrogen (secondary N) is 1. The van der Waals surface area contributed by atoms with Gasteiger partial charge < -0.3 is 10.1 Å². The average molecular weight is 288 g/mol. The lowest BCUT2D eigenvalue weighted by Gasteiger charge is -2.19. The number of esters is 1. The second-order valence-corrected chi connectivity index (χ2v) is 4.58. The predicted octanol–water partition coefficient (Wildman–Crippen LogP) is 2.11. The Hall–Kier alpha value is -2.21. The quantitative estimate of drug-likeness (QED) is 0.824. The number of hydrogen-bond acceptors (Lipinski definition) is 5. The number of methoxy groups -OCH3 is 1. The SMILES string of the molecule is CCNC(CC)c1ccccc1-n1cnc(C(=O)OC)n1. The molecule has 0 saturated carbocycles. The van der Waals surface area contributed by atoms with Crippen LogP contribution in [0.1, 0.15) is 42.5 Å². The van der Waals surface area contributed by atoms with E-state index in [0.29, 0.717) is 0 Å². The van der Waals surface area contributed by atoms with Gasteiger partial charge in [0, 0.05) is 6.04 Å². The van der Waals surface area contributed by atoms with E-state index in [9.17, 15) is 4.79 Å². The van der Waals surface area contributed by atoms with E-state index in [-0.39, 0.29) is 11.9 Å². The maximum absolute atomic E-state index is 11.5. The molecule has 2 rings (SSSR count). The topological polar surface area (TPSA) is 69.0 Å². The summed E-state index contributed by atoms with van der Waals surface area (Å²) in [6.45, 7) is 5.10. The van der Waals surface area contributed by atoms with Crippen molar-refractivity contribution in [3.63, 3.8) is 0 Å². The summed E-state index contributed by atoms with van der Waals surface area (Å²) in [6.07, 6.45) is 2.49. The Bertz CT molecular complexity index is 609. The molecule has 6 heteroatoms. The molecule has 21 heavy (non-hydrogen) atoms. The molecule has 1 unspecified atom stereocenters. The Labute approximate surface area is 124 Å². The number of ether oxygens (including phenoxy) is 1. The molecule has 1 aromatic heterocycles. The van der Waals surface area contributed by atoms with Crippen molar-refractivity contribution in [3.8, 4) is 5.69 Å². The fourth-order valence-corrected chi connectivity index (χ4v) is 2.28.